The molecule has 0 aromatic carbocycles. The number of thiophene rings is 1. The predicted octanol–water partition coefficient (Wildman–Crippen LogP) is 2.41. The number of hydrogen-bond donors (Lipinski definition) is 1. The molecule has 1 saturated carbocycles. The molecule has 1 atom stereocenters. The smallest absolute Gasteiger partial charge is 0.224 e. The number of nitrogens with zero attached hydrogens (tertiary/aromatic N) is 1. The zero-order valence-corrected chi connectivity index (χ0v) is 12.0. The molecule has 2 N–H and O–H groups in total. The third-order valence-corrected chi connectivity index (χ3v) is 4.88. The van der Waals surface area contributed by atoms with E-state index in [1.54, 1.807) is 11.3 Å². The van der Waals surface area contributed by atoms with E-state index in [2.05, 4.69) is 24.4 Å². The quantitative estimate of drug-likeness (QED) is 0.889. The lowest BCUT2D eigenvalue weighted by molar-refractivity contribution is -0.133. The molecule has 1 aliphatic rings. The third-order valence-electron chi connectivity index (χ3n) is 3.98. The zero-order valence-electron chi connectivity index (χ0n) is 11.2. The van der Waals surface area contributed by atoms with Crippen LogP contribution in [-0.2, 0) is 11.2 Å². The average Bonchev–Trinajstić information content (AvgIpc) is 2.78. The van der Waals surface area contributed by atoms with Crippen LogP contribution in [-0.4, -0.2) is 29.4 Å². The highest BCUT2D eigenvalue weighted by Crippen LogP contribution is 2.32. The van der Waals surface area contributed by atoms with Gasteiger partial charge in [0.2, 0.25) is 5.91 Å². The number of carbonyl (C=O) groups excluding carboxylic acids is 1. The number of nitrogens with two attached hydrogens (primary N) is 1. The molecule has 1 fully saturated rings. The summed E-state index contributed by atoms with van der Waals surface area (Å²) in [6.45, 7) is 2.10. The van der Waals surface area contributed by atoms with Gasteiger partial charge >= 0.3 is 0 Å². The van der Waals surface area contributed by atoms with Crippen molar-refractivity contribution in [3.05, 3.63) is 22.4 Å². The molecule has 1 aliphatic carbocycles. The van der Waals surface area contributed by atoms with E-state index in [0.717, 1.165) is 25.7 Å². The van der Waals surface area contributed by atoms with Gasteiger partial charge in [0.1, 0.15) is 0 Å². The second kappa shape index (κ2) is 5.41. The van der Waals surface area contributed by atoms with Crippen LogP contribution in [0.5, 0.6) is 0 Å². The highest BCUT2D eigenvalue weighted by Gasteiger charge is 2.36. The van der Waals surface area contributed by atoms with Crippen molar-refractivity contribution in [2.45, 2.75) is 50.6 Å². The minimum atomic E-state index is -0.214. The van der Waals surface area contributed by atoms with Gasteiger partial charge in [-0.2, -0.15) is 0 Å². The Morgan fingerprint density at radius 1 is 1.61 bits per heavy atom. The Kier molecular flexibility index (Phi) is 4.07. The molecule has 0 unspecified atom stereocenters. The van der Waals surface area contributed by atoms with Crippen LogP contribution < -0.4 is 5.73 Å². The van der Waals surface area contributed by atoms with E-state index in [1.165, 1.54) is 4.88 Å². The molecule has 18 heavy (non-hydrogen) atoms. The summed E-state index contributed by atoms with van der Waals surface area (Å²) in [4.78, 5) is 15.4. The molecule has 3 nitrogen and oxygen atoms in total. The van der Waals surface area contributed by atoms with Crippen molar-refractivity contribution in [1.29, 1.82) is 0 Å². The molecular weight excluding hydrogens is 244 g/mol. The molecule has 0 aliphatic heterocycles. The number of rotatable bonds is 5. The van der Waals surface area contributed by atoms with Crippen LogP contribution in [0, 0.1) is 0 Å². The molecule has 0 radical (unpaired) electrons. The molecule has 0 saturated heterocycles. The summed E-state index contributed by atoms with van der Waals surface area (Å²) in [6.07, 6.45) is 4.58. The summed E-state index contributed by atoms with van der Waals surface area (Å²) in [5.41, 5.74) is 5.92. The maximum absolute atomic E-state index is 12.2. The van der Waals surface area contributed by atoms with Crippen LogP contribution in [0.4, 0.5) is 0 Å². The first kappa shape index (κ1) is 13.6. The lowest BCUT2D eigenvalue weighted by Crippen LogP contribution is -2.51. The molecule has 0 bridgehead atoms. The van der Waals surface area contributed by atoms with Gasteiger partial charge < -0.3 is 10.6 Å². The van der Waals surface area contributed by atoms with Crippen molar-refractivity contribution in [2.75, 3.05) is 7.05 Å². The lowest BCUT2D eigenvalue weighted by atomic mass is 9.75. The fourth-order valence-corrected chi connectivity index (χ4v) is 3.16. The van der Waals surface area contributed by atoms with E-state index in [1.807, 2.05) is 11.9 Å². The Labute approximate surface area is 113 Å². The molecule has 1 heterocycles. The van der Waals surface area contributed by atoms with Gasteiger partial charge in [-0.1, -0.05) is 6.07 Å². The summed E-state index contributed by atoms with van der Waals surface area (Å²) in [5.74, 6) is 0.182. The Balaban J connectivity index is 1.85. The minimum absolute atomic E-state index is 0.182. The Morgan fingerprint density at radius 2 is 2.33 bits per heavy atom. The largest absolute Gasteiger partial charge is 0.343 e. The van der Waals surface area contributed by atoms with Crippen molar-refractivity contribution < 1.29 is 4.79 Å². The molecule has 0 spiro atoms. The van der Waals surface area contributed by atoms with Crippen molar-refractivity contribution >= 4 is 17.2 Å². The van der Waals surface area contributed by atoms with E-state index in [9.17, 15) is 4.79 Å². The number of carbonyl (C=O) groups is 1. The van der Waals surface area contributed by atoms with Gasteiger partial charge in [-0.25, -0.2) is 0 Å². The average molecular weight is 266 g/mol. The van der Waals surface area contributed by atoms with Gasteiger partial charge in [-0.3, -0.25) is 4.79 Å². The van der Waals surface area contributed by atoms with E-state index < -0.39 is 0 Å². The fraction of sp³-hybridized carbons (Fsp3) is 0.643. The maximum Gasteiger partial charge on any atom is 0.224 e. The summed E-state index contributed by atoms with van der Waals surface area (Å²) >= 11 is 1.75. The van der Waals surface area contributed by atoms with Crippen molar-refractivity contribution in [1.82, 2.24) is 4.90 Å². The lowest BCUT2D eigenvalue weighted by Gasteiger charge is -2.39. The topological polar surface area (TPSA) is 46.3 Å². The molecule has 1 aromatic rings. The predicted molar refractivity (Wildman–Crippen MR) is 75.6 cm³/mol. The van der Waals surface area contributed by atoms with Gasteiger partial charge in [-0.15, -0.1) is 11.3 Å². The second-order valence-corrected chi connectivity index (χ2v) is 6.56. The third kappa shape index (κ3) is 3.12. The molecule has 4 heteroatoms. The van der Waals surface area contributed by atoms with Crippen LogP contribution in [0.15, 0.2) is 17.5 Å². The zero-order chi connectivity index (χ0) is 13.2. The van der Waals surface area contributed by atoms with Gasteiger partial charge in [0.25, 0.3) is 0 Å². The summed E-state index contributed by atoms with van der Waals surface area (Å²) in [6, 6.07) is 4.41. The van der Waals surface area contributed by atoms with Crippen LogP contribution in [0.25, 0.3) is 0 Å². The van der Waals surface area contributed by atoms with E-state index in [0.29, 0.717) is 6.42 Å². The standard InChI is InChI=1S/C14H22N2OS/c1-11(9-12-5-3-8-18-12)16(2)13(17)10-14(15)6-4-7-14/h3,5,8,11H,4,6-7,9-10,15H2,1-2H3/t11-/m1/s1. The molecule has 100 valence electrons. The van der Waals surface area contributed by atoms with E-state index in [4.69, 9.17) is 5.73 Å². The van der Waals surface area contributed by atoms with Crippen molar-refractivity contribution in [3.8, 4) is 0 Å². The Morgan fingerprint density at radius 3 is 2.83 bits per heavy atom. The molecule has 2 rings (SSSR count). The monoisotopic (exact) mass is 266 g/mol. The van der Waals surface area contributed by atoms with Crippen LogP contribution in [0.3, 0.4) is 0 Å². The number of amides is 1. The van der Waals surface area contributed by atoms with Crippen LogP contribution >= 0.6 is 11.3 Å². The summed E-state index contributed by atoms with van der Waals surface area (Å²) in [5, 5.41) is 2.08. The highest BCUT2D eigenvalue weighted by atomic mass is 32.1. The summed E-state index contributed by atoms with van der Waals surface area (Å²) in [7, 11) is 1.89. The van der Waals surface area contributed by atoms with Crippen LogP contribution in [0.1, 0.15) is 37.5 Å². The van der Waals surface area contributed by atoms with Crippen LogP contribution in [0.2, 0.25) is 0 Å². The Hall–Kier alpha value is -0.870. The number of hydrogen-bond acceptors (Lipinski definition) is 3. The van der Waals surface area contributed by atoms with E-state index >= 15 is 0 Å². The Bertz CT molecular complexity index is 398. The van der Waals surface area contributed by atoms with Gasteiger partial charge in [0.05, 0.1) is 0 Å². The summed E-state index contributed by atoms with van der Waals surface area (Å²) < 4.78 is 0. The minimum Gasteiger partial charge on any atom is -0.343 e. The molecule has 1 aromatic heterocycles. The highest BCUT2D eigenvalue weighted by molar-refractivity contribution is 7.09. The van der Waals surface area contributed by atoms with Gasteiger partial charge in [-0.05, 0) is 37.6 Å². The first-order valence-corrected chi connectivity index (χ1v) is 7.45. The SMILES string of the molecule is C[C@H](Cc1cccs1)N(C)C(=O)CC1(N)CCC1. The maximum atomic E-state index is 12.2. The normalized spacial score (nSPS) is 19.1. The van der Waals surface area contributed by atoms with Crippen molar-refractivity contribution in [3.63, 3.8) is 0 Å². The fourth-order valence-electron chi connectivity index (χ4n) is 2.34. The first-order valence-electron chi connectivity index (χ1n) is 6.57. The van der Waals surface area contributed by atoms with Crippen molar-refractivity contribution in [2.24, 2.45) is 5.73 Å². The second-order valence-electron chi connectivity index (χ2n) is 5.53. The molecular formula is C14H22N2OS. The van der Waals surface area contributed by atoms with E-state index in [-0.39, 0.29) is 17.5 Å². The van der Waals surface area contributed by atoms with Gasteiger partial charge in [0.15, 0.2) is 0 Å². The molecule has 1 amide bonds. The first-order chi connectivity index (χ1) is 8.50. The number of likely N-dealkylation sites (N-methyl/N-ethyl adjacent to an activating group) is 1. The van der Waals surface area contributed by atoms with Gasteiger partial charge in [0, 0.05) is 36.3 Å².